The van der Waals surface area contributed by atoms with Gasteiger partial charge in [-0.1, -0.05) is 0 Å². The number of hydrogen-bond acceptors (Lipinski definition) is 2. The molecular weight excluding hydrogens is 320 g/mol. The predicted molar refractivity (Wildman–Crippen MR) is 70.1 cm³/mol. The van der Waals surface area contributed by atoms with Crippen molar-refractivity contribution < 1.29 is 18.7 Å². The van der Waals surface area contributed by atoms with Crippen LogP contribution in [0, 0.1) is 11.6 Å². The lowest BCUT2D eigenvalue weighted by atomic mass is 10.1. The Morgan fingerprint density at radius 1 is 1.16 bits per heavy atom. The second-order valence-electron chi connectivity index (χ2n) is 3.74. The molecule has 0 spiro atoms. The Morgan fingerprint density at radius 3 is 2.58 bits per heavy atom. The summed E-state index contributed by atoms with van der Waals surface area (Å²) in [6, 6.07) is 6.94. The lowest BCUT2D eigenvalue weighted by molar-refractivity contribution is 0.102. The van der Waals surface area contributed by atoms with Crippen molar-refractivity contribution in [2.24, 2.45) is 0 Å². The number of benzene rings is 2. The van der Waals surface area contributed by atoms with Gasteiger partial charge in [-0.3, -0.25) is 4.79 Å². The van der Waals surface area contributed by atoms with Gasteiger partial charge in [0.15, 0.2) is 0 Å². The van der Waals surface area contributed by atoms with Crippen LogP contribution in [0.1, 0.15) is 10.4 Å². The molecule has 98 valence electrons. The van der Waals surface area contributed by atoms with Crippen molar-refractivity contribution in [3.8, 4) is 5.75 Å². The fourth-order valence-corrected chi connectivity index (χ4v) is 1.84. The minimum absolute atomic E-state index is 0.189. The van der Waals surface area contributed by atoms with Gasteiger partial charge in [0.05, 0.1) is 10.0 Å². The molecule has 0 aliphatic heterocycles. The van der Waals surface area contributed by atoms with Gasteiger partial charge in [-0.25, -0.2) is 8.78 Å². The molecule has 0 aliphatic carbocycles. The maximum atomic E-state index is 13.0. The molecule has 0 bridgehead atoms. The SMILES string of the molecule is O=C(Nc1ccc(F)c(Br)c1)c1cc(F)ccc1O. The molecule has 0 unspecified atom stereocenters. The molecule has 0 saturated carbocycles. The molecule has 1 amide bonds. The number of amides is 1. The van der Waals surface area contributed by atoms with E-state index < -0.39 is 17.5 Å². The zero-order chi connectivity index (χ0) is 14.0. The van der Waals surface area contributed by atoms with Gasteiger partial charge < -0.3 is 10.4 Å². The topological polar surface area (TPSA) is 49.3 Å². The number of nitrogens with one attached hydrogen (secondary N) is 1. The summed E-state index contributed by atoms with van der Waals surface area (Å²) in [5.74, 6) is -2.12. The van der Waals surface area contributed by atoms with Crippen LogP contribution in [0.5, 0.6) is 5.75 Å². The Balaban J connectivity index is 2.25. The fourth-order valence-electron chi connectivity index (χ4n) is 1.46. The molecule has 2 N–H and O–H groups in total. The summed E-state index contributed by atoms with van der Waals surface area (Å²) in [6.45, 7) is 0. The van der Waals surface area contributed by atoms with Crippen molar-refractivity contribution in [1.82, 2.24) is 0 Å². The summed E-state index contributed by atoms with van der Waals surface area (Å²) in [5, 5.41) is 11.9. The number of carbonyl (C=O) groups excluding carboxylic acids is 1. The second kappa shape index (κ2) is 5.36. The fraction of sp³-hybridized carbons (Fsp3) is 0. The zero-order valence-corrected chi connectivity index (χ0v) is 11.0. The highest BCUT2D eigenvalue weighted by molar-refractivity contribution is 9.10. The van der Waals surface area contributed by atoms with Gasteiger partial charge in [-0.2, -0.15) is 0 Å². The average Bonchev–Trinajstić information content (AvgIpc) is 2.36. The molecule has 0 fully saturated rings. The van der Waals surface area contributed by atoms with Crippen molar-refractivity contribution in [2.45, 2.75) is 0 Å². The van der Waals surface area contributed by atoms with Crippen LogP contribution >= 0.6 is 15.9 Å². The minimum atomic E-state index is -0.685. The lowest BCUT2D eigenvalue weighted by Gasteiger charge is -2.07. The van der Waals surface area contributed by atoms with Crippen molar-refractivity contribution in [1.29, 1.82) is 0 Å². The second-order valence-corrected chi connectivity index (χ2v) is 4.60. The first-order valence-corrected chi connectivity index (χ1v) is 6.01. The third kappa shape index (κ3) is 3.08. The summed E-state index contributed by atoms with van der Waals surface area (Å²) in [5.41, 5.74) is 0.127. The molecule has 0 aromatic heterocycles. The molecule has 0 radical (unpaired) electrons. The summed E-state index contributed by atoms with van der Waals surface area (Å²) >= 11 is 2.98. The summed E-state index contributed by atoms with van der Waals surface area (Å²) < 4.78 is 26.2. The largest absolute Gasteiger partial charge is 0.507 e. The highest BCUT2D eigenvalue weighted by atomic mass is 79.9. The van der Waals surface area contributed by atoms with Crippen molar-refractivity contribution in [3.63, 3.8) is 0 Å². The first-order valence-electron chi connectivity index (χ1n) is 5.22. The van der Waals surface area contributed by atoms with Gasteiger partial charge in [-0.15, -0.1) is 0 Å². The number of carbonyl (C=O) groups is 1. The Bertz CT molecular complexity index is 647. The average molecular weight is 328 g/mol. The summed E-state index contributed by atoms with van der Waals surface area (Å²) in [6.07, 6.45) is 0. The third-order valence-corrected chi connectivity index (χ3v) is 2.99. The van der Waals surface area contributed by atoms with Crippen LogP contribution in [-0.2, 0) is 0 Å². The van der Waals surface area contributed by atoms with Crippen LogP contribution < -0.4 is 5.32 Å². The molecule has 6 heteroatoms. The van der Waals surface area contributed by atoms with Crippen LogP contribution in [0.3, 0.4) is 0 Å². The predicted octanol–water partition coefficient (Wildman–Crippen LogP) is 3.69. The van der Waals surface area contributed by atoms with Crippen LogP contribution in [0.4, 0.5) is 14.5 Å². The van der Waals surface area contributed by atoms with E-state index >= 15 is 0 Å². The number of halogens is 3. The Morgan fingerprint density at radius 2 is 1.89 bits per heavy atom. The standard InChI is InChI=1S/C13H8BrF2NO2/c14-10-6-8(2-3-11(10)16)17-13(19)9-5-7(15)1-4-12(9)18/h1-6,18H,(H,17,19). The molecule has 2 aromatic carbocycles. The highest BCUT2D eigenvalue weighted by Crippen LogP contribution is 2.22. The van der Waals surface area contributed by atoms with Gasteiger partial charge >= 0.3 is 0 Å². The van der Waals surface area contributed by atoms with Crippen molar-refractivity contribution >= 4 is 27.5 Å². The number of phenolic OH excluding ortho intramolecular Hbond substituents is 1. The van der Waals surface area contributed by atoms with Gasteiger partial charge in [0, 0.05) is 5.69 Å². The van der Waals surface area contributed by atoms with Gasteiger partial charge in [-0.05, 0) is 52.3 Å². The van der Waals surface area contributed by atoms with Crippen LogP contribution in [0.2, 0.25) is 0 Å². The Labute approximate surface area is 116 Å². The van der Waals surface area contributed by atoms with Gasteiger partial charge in [0.1, 0.15) is 17.4 Å². The first-order chi connectivity index (χ1) is 8.97. The molecule has 0 saturated heterocycles. The smallest absolute Gasteiger partial charge is 0.259 e. The maximum Gasteiger partial charge on any atom is 0.259 e. The number of hydrogen-bond donors (Lipinski definition) is 2. The first kappa shape index (κ1) is 13.5. The van der Waals surface area contributed by atoms with Crippen molar-refractivity contribution in [3.05, 3.63) is 58.1 Å². The summed E-state index contributed by atoms with van der Waals surface area (Å²) in [7, 11) is 0. The molecule has 2 rings (SSSR count). The number of aromatic hydroxyl groups is 1. The van der Waals surface area contributed by atoms with E-state index in [1.54, 1.807) is 0 Å². The van der Waals surface area contributed by atoms with E-state index in [2.05, 4.69) is 21.2 Å². The van der Waals surface area contributed by atoms with Gasteiger partial charge in [0.25, 0.3) is 5.91 Å². The van der Waals surface area contributed by atoms with Crippen LogP contribution in [0.25, 0.3) is 0 Å². The number of phenols is 1. The summed E-state index contributed by atoms with van der Waals surface area (Å²) in [4.78, 5) is 11.8. The zero-order valence-electron chi connectivity index (χ0n) is 9.45. The van der Waals surface area contributed by atoms with E-state index in [-0.39, 0.29) is 15.8 Å². The highest BCUT2D eigenvalue weighted by Gasteiger charge is 2.13. The Kier molecular flexibility index (Phi) is 3.80. The number of anilines is 1. The third-order valence-electron chi connectivity index (χ3n) is 2.38. The van der Waals surface area contributed by atoms with Crippen LogP contribution in [-0.4, -0.2) is 11.0 Å². The molecule has 2 aromatic rings. The molecule has 19 heavy (non-hydrogen) atoms. The van der Waals surface area contributed by atoms with E-state index in [4.69, 9.17) is 0 Å². The van der Waals surface area contributed by atoms with E-state index in [0.717, 1.165) is 18.2 Å². The number of rotatable bonds is 2. The van der Waals surface area contributed by atoms with Crippen molar-refractivity contribution in [2.75, 3.05) is 5.32 Å². The molecule has 0 heterocycles. The maximum absolute atomic E-state index is 13.0. The quantitative estimate of drug-likeness (QED) is 0.883. The lowest BCUT2D eigenvalue weighted by Crippen LogP contribution is -2.12. The molecular formula is C13H8BrF2NO2. The van der Waals surface area contributed by atoms with E-state index in [0.29, 0.717) is 5.69 Å². The van der Waals surface area contributed by atoms with E-state index in [1.165, 1.54) is 18.2 Å². The van der Waals surface area contributed by atoms with E-state index in [9.17, 15) is 18.7 Å². The molecule has 0 aliphatic rings. The molecule has 3 nitrogen and oxygen atoms in total. The van der Waals surface area contributed by atoms with E-state index in [1.807, 2.05) is 0 Å². The monoisotopic (exact) mass is 327 g/mol. The normalized spacial score (nSPS) is 10.3. The van der Waals surface area contributed by atoms with Crippen LogP contribution in [0.15, 0.2) is 40.9 Å². The van der Waals surface area contributed by atoms with Gasteiger partial charge in [0.2, 0.25) is 0 Å². The molecule has 0 atom stereocenters. The minimum Gasteiger partial charge on any atom is -0.507 e. The Hall–Kier alpha value is -1.95.